The summed E-state index contributed by atoms with van der Waals surface area (Å²) in [6.07, 6.45) is 75.6. The molecule has 0 bridgehead atoms. The minimum Gasteiger partial charge on any atom is -0.394 e. The summed E-state index contributed by atoms with van der Waals surface area (Å²) in [5.74, 6) is -0.312. The maximum Gasteiger partial charge on any atom is 0.220 e. The molecule has 1 amide bonds. The van der Waals surface area contributed by atoms with Crippen LogP contribution in [-0.4, -0.2) is 193 Å². The van der Waals surface area contributed by atoms with Crippen LogP contribution in [0.5, 0.6) is 0 Å². The van der Waals surface area contributed by atoms with Gasteiger partial charge < -0.3 is 89.9 Å². The molecule has 12 N–H and O–H groups in total. The summed E-state index contributed by atoms with van der Waals surface area (Å²) in [6.45, 7) is 1.59. The summed E-state index contributed by atoms with van der Waals surface area (Å²) in [5.41, 5.74) is 0. The molecule has 19 heteroatoms. The van der Waals surface area contributed by atoms with E-state index in [4.69, 9.17) is 28.4 Å². The van der Waals surface area contributed by atoms with Crippen molar-refractivity contribution in [3.8, 4) is 0 Å². The first kappa shape index (κ1) is 101. The number of nitrogens with one attached hydrogen (secondary N) is 1. The fourth-order valence-electron chi connectivity index (χ4n) is 13.7. The molecule has 3 aliphatic heterocycles. The van der Waals surface area contributed by atoms with Crippen LogP contribution >= 0.6 is 0 Å². The van der Waals surface area contributed by atoms with Crippen molar-refractivity contribution in [3.63, 3.8) is 0 Å². The van der Waals surface area contributed by atoms with Crippen LogP contribution in [0.3, 0.4) is 0 Å². The van der Waals surface area contributed by atoms with Crippen molar-refractivity contribution < 1.29 is 89.4 Å². The van der Waals surface area contributed by atoms with E-state index in [-0.39, 0.29) is 18.9 Å². The molecular formula is C92H155NO18. The third kappa shape index (κ3) is 48.7. The lowest BCUT2D eigenvalue weighted by Gasteiger charge is -2.48. The predicted octanol–water partition coefficient (Wildman–Crippen LogP) is 16.2. The Balaban J connectivity index is 1.38. The second-order valence-corrected chi connectivity index (χ2v) is 30.2. The first-order valence-corrected chi connectivity index (χ1v) is 43.6. The Morgan fingerprint density at radius 3 is 1.01 bits per heavy atom. The fourth-order valence-corrected chi connectivity index (χ4v) is 13.7. The highest BCUT2D eigenvalue weighted by molar-refractivity contribution is 5.76. The number of allylic oxidation sites excluding steroid dienone is 23. The Morgan fingerprint density at radius 2 is 0.631 bits per heavy atom. The highest BCUT2D eigenvalue weighted by atomic mass is 16.8. The van der Waals surface area contributed by atoms with Crippen LogP contribution in [0.4, 0.5) is 0 Å². The Labute approximate surface area is 670 Å². The van der Waals surface area contributed by atoms with Crippen LogP contribution < -0.4 is 5.32 Å². The van der Waals surface area contributed by atoms with E-state index in [1.54, 1.807) is 6.08 Å². The number of hydrogen-bond donors (Lipinski definition) is 12. The summed E-state index contributed by atoms with van der Waals surface area (Å²) in [7, 11) is 0. The van der Waals surface area contributed by atoms with Crippen LogP contribution in [0, 0.1) is 0 Å². The molecule has 19 nitrogen and oxygen atoms in total. The third-order valence-electron chi connectivity index (χ3n) is 20.6. The van der Waals surface area contributed by atoms with Crippen molar-refractivity contribution in [2.75, 3.05) is 26.4 Å². The molecule has 0 saturated carbocycles. The lowest BCUT2D eigenvalue weighted by atomic mass is 9.96. The molecule has 0 aliphatic carbocycles. The van der Waals surface area contributed by atoms with E-state index in [0.717, 1.165) is 116 Å². The summed E-state index contributed by atoms with van der Waals surface area (Å²) < 4.78 is 34.4. The van der Waals surface area contributed by atoms with Gasteiger partial charge in [0.25, 0.3) is 0 Å². The molecule has 3 aliphatic rings. The molecule has 17 atom stereocenters. The summed E-state index contributed by atoms with van der Waals surface area (Å²) >= 11 is 0. The molecular weight excluding hydrogens is 1410 g/mol. The van der Waals surface area contributed by atoms with Crippen molar-refractivity contribution in [2.24, 2.45) is 0 Å². The maximum absolute atomic E-state index is 13.5. The van der Waals surface area contributed by atoms with Gasteiger partial charge in [0.15, 0.2) is 18.9 Å². The van der Waals surface area contributed by atoms with Gasteiger partial charge in [0.05, 0.1) is 38.6 Å². The van der Waals surface area contributed by atoms with Crippen molar-refractivity contribution in [1.29, 1.82) is 0 Å². The molecule has 17 unspecified atom stereocenters. The summed E-state index contributed by atoms with van der Waals surface area (Å²) in [5, 5.41) is 121. The van der Waals surface area contributed by atoms with Crippen LogP contribution in [0.15, 0.2) is 146 Å². The first-order chi connectivity index (χ1) is 54.3. The number of rotatable bonds is 68. The van der Waals surface area contributed by atoms with Gasteiger partial charge in [0.2, 0.25) is 5.91 Å². The molecule has 3 fully saturated rings. The van der Waals surface area contributed by atoms with E-state index in [1.165, 1.54) is 148 Å². The molecule has 3 rings (SSSR count). The van der Waals surface area contributed by atoms with E-state index >= 15 is 0 Å². The SMILES string of the molecule is CC/C=C\C/C=C\C/C=C\C/C=C\C/C=C\C/C=C\C/C=C\C/C=C\C/C=C\CCCCCCCC(=O)NC(COC1OC(CO)C(OC2OC(CO)C(OC3OC(CO)C(O)C(O)C3O)C(O)C2O)C(O)C1O)C(O)/C=C/CC/C=C/CC/C=C/CCCCCCCCCCCCCCCCCCCCCCCCC. The average Bonchev–Trinajstić information content (AvgIpc) is 0.780. The molecule has 0 aromatic heterocycles. The van der Waals surface area contributed by atoms with E-state index in [0.29, 0.717) is 12.8 Å². The topological polar surface area (TPSA) is 307 Å². The van der Waals surface area contributed by atoms with Crippen LogP contribution in [0.1, 0.15) is 296 Å². The second-order valence-electron chi connectivity index (χ2n) is 30.2. The minimum absolute atomic E-state index is 0.199. The number of aliphatic hydroxyl groups excluding tert-OH is 11. The van der Waals surface area contributed by atoms with Gasteiger partial charge in [-0.2, -0.15) is 0 Å². The summed E-state index contributed by atoms with van der Waals surface area (Å²) in [6, 6.07) is -1.02. The molecule has 0 aromatic rings. The molecule has 0 aromatic carbocycles. The van der Waals surface area contributed by atoms with Crippen LogP contribution in [0.25, 0.3) is 0 Å². The normalized spacial score (nSPS) is 25.8. The number of hydrogen-bond acceptors (Lipinski definition) is 18. The van der Waals surface area contributed by atoms with Crippen LogP contribution in [0.2, 0.25) is 0 Å². The van der Waals surface area contributed by atoms with Gasteiger partial charge in [0, 0.05) is 6.42 Å². The van der Waals surface area contributed by atoms with Gasteiger partial charge in [-0.3, -0.25) is 4.79 Å². The Kier molecular flexibility index (Phi) is 63.5. The van der Waals surface area contributed by atoms with Crippen LogP contribution in [-0.2, 0) is 33.2 Å². The van der Waals surface area contributed by atoms with E-state index in [9.17, 15) is 61.0 Å². The monoisotopic (exact) mass is 1560 g/mol. The zero-order chi connectivity index (χ0) is 80.3. The van der Waals surface area contributed by atoms with E-state index in [1.807, 2.05) is 6.08 Å². The molecule has 0 spiro atoms. The van der Waals surface area contributed by atoms with Gasteiger partial charge >= 0.3 is 0 Å². The number of ether oxygens (including phenoxy) is 6. The standard InChI is InChI=1S/C92H155NO18/c1-3-5-7-9-11-13-15-17-19-21-23-25-27-29-31-33-35-37-39-41-43-45-47-49-51-53-55-57-59-61-63-65-67-69-76(97)75(74-106-90-86(104)83(101)88(78(72-95)108-90)111-92-87(105)84(102)89(79(73-96)109-92)110-91-85(103)82(100)81(99)77(71-94)107-91)93-80(98)70-68-66-64-62-60-58-56-54-52-50-48-46-44-42-40-38-36-34-32-30-28-26-24-22-20-18-16-14-12-10-8-6-4-2/h6,8,12,14,18,20,24,26,30,32,36,38,42,44,48,50-51,53-54,56,59,61,67,69,75-79,81-92,94-97,99-105H,3-5,7,9-11,13,15-17,19,21-23,25,27-29,31,33-35,37,39-41,43,45-47,49,52,55,57-58,60,62-66,68,70-74H2,1-2H3,(H,93,98)/b8-6-,14-12-,20-18-,26-24-,32-30-,38-36-,44-42-,50-48-,53-51+,56-54-,61-59+,69-67+. The number of aliphatic hydroxyl groups is 11. The zero-order valence-corrected chi connectivity index (χ0v) is 68.4. The highest BCUT2D eigenvalue weighted by Gasteiger charge is 2.54. The lowest BCUT2D eigenvalue weighted by molar-refractivity contribution is -0.379. The highest BCUT2D eigenvalue weighted by Crippen LogP contribution is 2.33. The number of carbonyl (C=O) groups is 1. The Morgan fingerprint density at radius 1 is 0.333 bits per heavy atom. The summed E-state index contributed by atoms with van der Waals surface area (Å²) in [4.78, 5) is 13.5. The molecule has 636 valence electrons. The molecule has 3 heterocycles. The largest absolute Gasteiger partial charge is 0.394 e. The number of carbonyl (C=O) groups excluding carboxylic acids is 1. The maximum atomic E-state index is 13.5. The number of amides is 1. The predicted molar refractivity (Wildman–Crippen MR) is 447 cm³/mol. The van der Waals surface area contributed by atoms with Gasteiger partial charge in [-0.1, -0.05) is 320 Å². The van der Waals surface area contributed by atoms with Gasteiger partial charge in [0.1, 0.15) is 73.2 Å². The molecule has 3 saturated heterocycles. The van der Waals surface area contributed by atoms with Gasteiger partial charge in [-0.25, -0.2) is 0 Å². The second kappa shape index (κ2) is 69.9. The van der Waals surface area contributed by atoms with E-state index < -0.39 is 124 Å². The van der Waals surface area contributed by atoms with Crippen molar-refractivity contribution in [1.82, 2.24) is 5.32 Å². The smallest absolute Gasteiger partial charge is 0.220 e. The lowest BCUT2D eigenvalue weighted by Crippen LogP contribution is -2.66. The third-order valence-corrected chi connectivity index (χ3v) is 20.6. The molecule has 0 radical (unpaired) electrons. The molecule has 111 heavy (non-hydrogen) atoms. The van der Waals surface area contributed by atoms with E-state index in [2.05, 4.69) is 153 Å². The van der Waals surface area contributed by atoms with Crippen molar-refractivity contribution in [2.45, 2.75) is 401 Å². The number of unbranched alkanes of at least 4 members (excludes halogenated alkanes) is 30. The fraction of sp³-hybridized carbons (Fsp3) is 0.728. The Hall–Kier alpha value is -4.33. The quantitative estimate of drug-likeness (QED) is 0.0199. The zero-order valence-electron chi connectivity index (χ0n) is 68.4. The van der Waals surface area contributed by atoms with Crippen molar-refractivity contribution >= 4 is 5.91 Å². The first-order valence-electron chi connectivity index (χ1n) is 43.6. The van der Waals surface area contributed by atoms with Gasteiger partial charge in [-0.15, -0.1) is 0 Å². The Bertz CT molecular complexity index is 2580. The van der Waals surface area contributed by atoms with Gasteiger partial charge in [-0.05, 0) is 116 Å². The van der Waals surface area contributed by atoms with Crippen molar-refractivity contribution in [3.05, 3.63) is 146 Å². The average molecular weight is 1560 g/mol. The minimum atomic E-state index is -1.99.